The summed E-state index contributed by atoms with van der Waals surface area (Å²) in [7, 11) is -4.02. The summed E-state index contributed by atoms with van der Waals surface area (Å²) in [6.45, 7) is -0.110. The van der Waals surface area contributed by atoms with E-state index >= 15 is 0 Å². The maximum absolute atomic E-state index is 11.1. The Morgan fingerprint density at radius 2 is 2.06 bits per heavy atom. The second-order valence-electron chi connectivity index (χ2n) is 8.30. The lowest BCUT2D eigenvalue weighted by atomic mass is 9.98. The molecule has 4 atom stereocenters. The molecule has 0 spiro atoms. The number of thiophene rings is 1. The molecule has 5 rings (SSSR count). The first kappa shape index (κ1) is 20.8. The van der Waals surface area contributed by atoms with Crippen molar-refractivity contribution in [1.29, 1.82) is 0 Å². The molecule has 0 radical (unpaired) electrons. The van der Waals surface area contributed by atoms with Gasteiger partial charge in [-0.3, -0.25) is 4.18 Å². The fraction of sp³-hybridized carbons (Fsp3) is 0.429. The number of rotatable bonds is 6. The van der Waals surface area contributed by atoms with Crippen molar-refractivity contribution in [1.82, 2.24) is 9.97 Å². The van der Waals surface area contributed by atoms with Gasteiger partial charge in [0, 0.05) is 5.92 Å². The van der Waals surface area contributed by atoms with Gasteiger partial charge in [-0.15, -0.1) is 11.3 Å². The van der Waals surface area contributed by atoms with Crippen LogP contribution in [0.5, 0.6) is 0 Å². The Morgan fingerprint density at radius 1 is 1.23 bits per heavy atom. The number of benzene rings is 1. The highest BCUT2D eigenvalue weighted by atomic mass is 32.2. The first-order valence-electron chi connectivity index (χ1n) is 10.3. The summed E-state index contributed by atoms with van der Waals surface area (Å²) in [6, 6.07) is 8.72. The lowest BCUT2D eigenvalue weighted by Gasteiger charge is -2.15. The average molecular weight is 461 g/mol. The molecule has 1 aromatic carbocycles. The summed E-state index contributed by atoms with van der Waals surface area (Å²) in [6.07, 6.45) is 4.17. The summed E-state index contributed by atoms with van der Waals surface area (Å²) in [4.78, 5) is 9.04. The van der Waals surface area contributed by atoms with Crippen molar-refractivity contribution >= 4 is 37.7 Å². The van der Waals surface area contributed by atoms with Crippen LogP contribution in [0, 0.1) is 5.92 Å². The largest absolute Gasteiger partial charge is 0.393 e. The molecule has 0 bridgehead atoms. The quantitative estimate of drug-likeness (QED) is 0.516. The average Bonchev–Trinajstić information content (AvgIpc) is 3.43. The van der Waals surface area contributed by atoms with Gasteiger partial charge >= 0.3 is 10.3 Å². The highest BCUT2D eigenvalue weighted by Crippen LogP contribution is 2.44. The van der Waals surface area contributed by atoms with Gasteiger partial charge in [-0.05, 0) is 53.7 Å². The molecule has 4 N–H and O–H groups in total. The van der Waals surface area contributed by atoms with Gasteiger partial charge in [-0.2, -0.15) is 8.42 Å². The maximum Gasteiger partial charge on any atom is 0.333 e. The summed E-state index contributed by atoms with van der Waals surface area (Å²) >= 11 is 1.60. The molecule has 0 amide bonds. The zero-order chi connectivity index (χ0) is 21.6. The van der Waals surface area contributed by atoms with Gasteiger partial charge in [0.15, 0.2) is 0 Å². The van der Waals surface area contributed by atoms with Crippen LogP contribution >= 0.6 is 11.3 Å². The van der Waals surface area contributed by atoms with Crippen LogP contribution in [0.3, 0.4) is 0 Å². The molecule has 1 unspecified atom stereocenters. The van der Waals surface area contributed by atoms with E-state index in [2.05, 4.69) is 44.9 Å². The minimum atomic E-state index is -4.02. The number of hydrogen-bond acceptors (Lipinski definition) is 8. The smallest absolute Gasteiger partial charge is 0.333 e. The fourth-order valence-corrected chi connectivity index (χ4v) is 6.27. The number of hydrogen-bond donors (Lipinski definition) is 3. The van der Waals surface area contributed by atoms with Crippen LogP contribution < -0.4 is 10.5 Å². The van der Waals surface area contributed by atoms with Crippen molar-refractivity contribution in [3.8, 4) is 0 Å². The van der Waals surface area contributed by atoms with E-state index in [1.165, 1.54) is 11.1 Å². The first-order valence-corrected chi connectivity index (χ1v) is 12.7. The van der Waals surface area contributed by atoms with E-state index in [0.717, 1.165) is 34.4 Å². The van der Waals surface area contributed by atoms with Crippen LogP contribution in [0.4, 0.5) is 5.82 Å². The minimum Gasteiger partial charge on any atom is -0.393 e. The lowest BCUT2D eigenvalue weighted by molar-refractivity contribution is 0.101. The van der Waals surface area contributed by atoms with Gasteiger partial charge in [0.1, 0.15) is 12.1 Å². The second-order valence-corrected chi connectivity index (χ2v) is 10.4. The Labute approximate surface area is 184 Å². The van der Waals surface area contributed by atoms with Gasteiger partial charge in [0.25, 0.3) is 0 Å². The van der Waals surface area contributed by atoms with E-state index in [9.17, 15) is 13.5 Å². The van der Waals surface area contributed by atoms with Crippen LogP contribution in [0.1, 0.15) is 47.9 Å². The number of anilines is 1. The summed E-state index contributed by atoms with van der Waals surface area (Å²) in [5.74, 6) is 0.621. The Bertz CT molecular complexity index is 1210. The third-order valence-corrected chi connectivity index (χ3v) is 7.83. The van der Waals surface area contributed by atoms with Gasteiger partial charge < -0.3 is 10.4 Å². The van der Waals surface area contributed by atoms with Gasteiger partial charge in [0.2, 0.25) is 0 Å². The van der Waals surface area contributed by atoms with Crippen molar-refractivity contribution in [2.24, 2.45) is 11.1 Å². The first-order chi connectivity index (χ1) is 14.9. The molecule has 3 aromatic rings. The number of aliphatic hydroxyl groups excluding tert-OH is 1. The molecular weight excluding hydrogens is 436 g/mol. The Hall–Kier alpha value is -2.11. The molecule has 8 nitrogen and oxygen atoms in total. The summed E-state index contributed by atoms with van der Waals surface area (Å²) in [5, 5.41) is 21.0. The number of aromatic nitrogens is 2. The highest BCUT2D eigenvalue weighted by Gasteiger charge is 2.36. The normalized spacial score (nSPS) is 25.7. The maximum atomic E-state index is 11.1. The molecule has 1 fully saturated rings. The number of aliphatic hydroxyl groups is 1. The van der Waals surface area contributed by atoms with Crippen molar-refractivity contribution in [3.05, 3.63) is 52.7 Å². The van der Waals surface area contributed by atoms with Crippen molar-refractivity contribution in [2.75, 3.05) is 11.9 Å². The second kappa shape index (κ2) is 8.10. The van der Waals surface area contributed by atoms with Gasteiger partial charge in [-0.1, -0.05) is 24.3 Å². The van der Waals surface area contributed by atoms with Crippen LogP contribution in [-0.4, -0.2) is 36.2 Å². The van der Waals surface area contributed by atoms with E-state index in [4.69, 9.17) is 9.32 Å². The number of nitrogens with zero attached hydrogens (tertiary/aromatic N) is 2. The topological polar surface area (TPSA) is 127 Å². The van der Waals surface area contributed by atoms with Crippen molar-refractivity contribution in [2.45, 2.75) is 43.7 Å². The van der Waals surface area contributed by atoms with Crippen LogP contribution in [0.15, 0.2) is 36.0 Å². The van der Waals surface area contributed by atoms with E-state index in [0.29, 0.717) is 12.8 Å². The molecule has 2 aliphatic rings. The predicted octanol–water partition coefficient (Wildman–Crippen LogP) is 2.87. The molecule has 1 saturated carbocycles. The van der Waals surface area contributed by atoms with Crippen LogP contribution in [0.2, 0.25) is 0 Å². The molecule has 10 heteroatoms. The zero-order valence-electron chi connectivity index (χ0n) is 16.8. The number of fused-ring (bicyclic) bond motifs is 2. The molecular formula is C21H24N4O4S2. The fourth-order valence-electron chi connectivity index (χ4n) is 4.85. The molecule has 31 heavy (non-hydrogen) atoms. The molecule has 2 aliphatic carbocycles. The lowest BCUT2D eigenvalue weighted by Crippen LogP contribution is -2.24. The van der Waals surface area contributed by atoms with Crippen LogP contribution in [-0.2, 0) is 20.9 Å². The molecule has 2 aromatic heterocycles. The summed E-state index contributed by atoms with van der Waals surface area (Å²) < 4.78 is 27.9. The Morgan fingerprint density at radius 3 is 2.90 bits per heavy atom. The third-order valence-electron chi connectivity index (χ3n) is 6.37. The Balaban J connectivity index is 1.37. The number of aryl methyl sites for hydroxylation is 1. The predicted molar refractivity (Wildman–Crippen MR) is 119 cm³/mol. The number of nitrogens with two attached hydrogens (primary N) is 1. The minimum absolute atomic E-state index is 0.0767. The highest BCUT2D eigenvalue weighted by molar-refractivity contribution is 7.84. The molecule has 164 valence electrons. The molecule has 0 saturated heterocycles. The zero-order valence-corrected chi connectivity index (χ0v) is 18.4. The van der Waals surface area contributed by atoms with Crippen LogP contribution in [0.25, 0.3) is 10.2 Å². The van der Waals surface area contributed by atoms with Crippen molar-refractivity contribution < 1.29 is 17.7 Å². The summed E-state index contributed by atoms with van der Waals surface area (Å²) in [5.41, 5.74) is 4.65. The molecule has 0 aliphatic heterocycles. The van der Waals surface area contributed by atoms with Gasteiger partial charge in [-0.25, -0.2) is 15.1 Å². The van der Waals surface area contributed by atoms with E-state index in [-0.39, 0.29) is 24.5 Å². The van der Waals surface area contributed by atoms with E-state index < -0.39 is 16.4 Å². The third kappa shape index (κ3) is 4.18. The van der Waals surface area contributed by atoms with E-state index in [1.54, 1.807) is 17.7 Å². The van der Waals surface area contributed by atoms with E-state index in [1.807, 2.05) is 0 Å². The Kier molecular flexibility index (Phi) is 5.43. The SMILES string of the molecule is NS(=O)(=O)OC[C@@H]1C[C@@H](c2csc3c(NC4CCc5ccccc54)ncnc23)C[C@@H]1O. The monoisotopic (exact) mass is 460 g/mol. The number of nitrogens with one attached hydrogen (secondary N) is 1. The standard InChI is InChI=1S/C21H24N4O4S2/c22-31(27,28)29-9-14-7-13(8-18(14)26)16-10-30-20-19(16)23-11-24-21(20)25-17-6-5-12-3-1-2-4-15(12)17/h1-4,10-11,13-14,17-18,26H,5-9H2,(H2,22,27,28)(H,23,24,25)/t13-,14+,17?,18+/m1/s1. The molecule has 2 heterocycles. The van der Waals surface area contributed by atoms with Crippen molar-refractivity contribution in [3.63, 3.8) is 0 Å². The van der Waals surface area contributed by atoms with Gasteiger partial charge in [0.05, 0.1) is 29.0 Å².